The quantitative estimate of drug-likeness (QED) is 0.623. The molecule has 0 radical (unpaired) electrons. The number of hydrogen-bond acceptors (Lipinski definition) is 4. The standard InChI is InChI=1S/C18H20ClN3O2/c1-14-3-2-4-15(11-14)13-20-7-9-21(10-8-20)18-6-5-16(22(23)24)12-17(18)19/h2-6,11-12H,7-10,13H2,1H3. The predicted molar refractivity (Wildman–Crippen MR) is 96.8 cm³/mol. The van der Waals surface area contributed by atoms with Crippen LogP contribution in [-0.2, 0) is 6.54 Å². The minimum absolute atomic E-state index is 0.0295. The molecule has 2 aromatic carbocycles. The van der Waals surface area contributed by atoms with E-state index in [1.54, 1.807) is 6.07 Å². The molecule has 0 unspecified atom stereocenters. The van der Waals surface area contributed by atoms with Gasteiger partial charge in [-0.3, -0.25) is 15.0 Å². The van der Waals surface area contributed by atoms with Crippen LogP contribution >= 0.6 is 11.6 Å². The maximum absolute atomic E-state index is 10.8. The number of halogens is 1. The number of nitro groups is 1. The third-order valence-electron chi connectivity index (χ3n) is 4.34. The number of nitro benzene ring substituents is 1. The van der Waals surface area contributed by atoms with Crippen LogP contribution in [0.1, 0.15) is 11.1 Å². The van der Waals surface area contributed by atoms with Crippen molar-refractivity contribution in [2.45, 2.75) is 13.5 Å². The summed E-state index contributed by atoms with van der Waals surface area (Å²) >= 11 is 6.23. The summed E-state index contributed by atoms with van der Waals surface area (Å²) in [4.78, 5) is 15.0. The molecule has 3 rings (SSSR count). The highest BCUT2D eigenvalue weighted by molar-refractivity contribution is 6.33. The molecule has 0 atom stereocenters. The van der Waals surface area contributed by atoms with Gasteiger partial charge in [0.15, 0.2) is 0 Å². The van der Waals surface area contributed by atoms with Gasteiger partial charge in [-0.2, -0.15) is 0 Å². The number of nitrogens with zero attached hydrogens (tertiary/aromatic N) is 3. The van der Waals surface area contributed by atoms with Crippen LogP contribution in [0.15, 0.2) is 42.5 Å². The van der Waals surface area contributed by atoms with E-state index >= 15 is 0 Å². The second kappa shape index (κ2) is 7.20. The fourth-order valence-corrected chi connectivity index (χ4v) is 3.38. The first-order chi connectivity index (χ1) is 11.5. The van der Waals surface area contributed by atoms with Crippen molar-refractivity contribution >= 4 is 23.0 Å². The fourth-order valence-electron chi connectivity index (χ4n) is 3.08. The van der Waals surface area contributed by atoms with Gasteiger partial charge in [-0.15, -0.1) is 0 Å². The first kappa shape index (κ1) is 16.7. The average molecular weight is 346 g/mol. The average Bonchev–Trinajstić information content (AvgIpc) is 2.55. The SMILES string of the molecule is Cc1cccc(CN2CCN(c3ccc([N+](=O)[O-])cc3Cl)CC2)c1. The van der Waals surface area contributed by atoms with E-state index in [0.29, 0.717) is 5.02 Å². The molecule has 0 aromatic heterocycles. The van der Waals surface area contributed by atoms with Crippen LogP contribution in [0.3, 0.4) is 0 Å². The van der Waals surface area contributed by atoms with Gasteiger partial charge < -0.3 is 4.90 Å². The maximum atomic E-state index is 10.8. The normalized spacial score (nSPS) is 15.5. The minimum atomic E-state index is -0.421. The highest BCUT2D eigenvalue weighted by atomic mass is 35.5. The molecule has 1 saturated heterocycles. The Labute approximate surface area is 146 Å². The summed E-state index contributed by atoms with van der Waals surface area (Å²) < 4.78 is 0. The molecule has 2 aromatic rings. The number of rotatable bonds is 4. The molecule has 0 saturated carbocycles. The van der Waals surface area contributed by atoms with Gasteiger partial charge >= 0.3 is 0 Å². The zero-order chi connectivity index (χ0) is 17.1. The van der Waals surface area contributed by atoms with Gasteiger partial charge in [0.05, 0.1) is 15.6 Å². The van der Waals surface area contributed by atoms with Crippen molar-refractivity contribution in [2.75, 3.05) is 31.1 Å². The van der Waals surface area contributed by atoms with E-state index in [1.807, 2.05) is 0 Å². The zero-order valence-electron chi connectivity index (χ0n) is 13.6. The largest absolute Gasteiger partial charge is 0.368 e. The lowest BCUT2D eigenvalue weighted by Gasteiger charge is -2.36. The van der Waals surface area contributed by atoms with Crippen LogP contribution in [0, 0.1) is 17.0 Å². The Morgan fingerprint density at radius 3 is 2.50 bits per heavy atom. The topological polar surface area (TPSA) is 49.6 Å². The first-order valence-corrected chi connectivity index (χ1v) is 8.37. The van der Waals surface area contributed by atoms with Crippen molar-refractivity contribution in [2.24, 2.45) is 0 Å². The first-order valence-electron chi connectivity index (χ1n) is 8.00. The van der Waals surface area contributed by atoms with Gasteiger partial charge in [0.1, 0.15) is 0 Å². The summed E-state index contributed by atoms with van der Waals surface area (Å²) in [6, 6.07) is 13.3. The van der Waals surface area contributed by atoms with Crippen LogP contribution in [0.4, 0.5) is 11.4 Å². The van der Waals surface area contributed by atoms with Crippen molar-refractivity contribution in [1.82, 2.24) is 4.90 Å². The number of non-ortho nitro benzene ring substituents is 1. The van der Waals surface area contributed by atoms with Crippen molar-refractivity contribution in [1.29, 1.82) is 0 Å². The van der Waals surface area contributed by atoms with Crippen LogP contribution < -0.4 is 4.90 Å². The number of aryl methyl sites for hydroxylation is 1. The molecular formula is C18H20ClN3O2. The second-order valence-electron chi connectivity index (χ2n) is 6.15. The van der Waals surface area contributed by atoms with Gasteiger partial charge in [0.25, 0.3) is 5.69 Å². The molecule has 0 aliphatic carbocycles. The van der Waals surface area contributed by atoms with Gasteiger partial charge in [-0.25, -0.2) is 0 Å². The van der Waals surface area contributed by atoms with Gasteiger partial charge in [0, 0.05) is 44.9 Å². The monoisotopic (exact) mass is 345 g/mol. The molecule has 1 aliphatic rings. The Bertz CT molecular complexity index is 743. The molecule has 0 spiro atoms. The van der Waals surface area contributed by atoms with E-state index in [9.17, 15) is 10.1 Å². The molecular weight excluding hydrogens is 326 g/mol. The summed E-state index contributed by atoms with van der Waals surface area (Å²) in [5.74, 6) is 0. The van der Waals surface area contributed by atoms with E-state index in [0.717, 1.165) is 38.4 Å². The molecule has 6 heteroatoms. The minimum Gasteiger partial charge on any atom is -0.368 e. The summed E-state index contributed by atoms with van der Waals surface area (Å²) in [6.07, 6.45) is 0. The third-order valence-corrected chi connectivity index (χ3v) is 4.65. The molecule has 1 heterocycles. The molecule has 0 bridgehead atoms. The Morgan fingerprint density at radius 2 is 1.88 bits per heavy atom. The number of hydrogen-bond donors (Lipinski definition) is 0. The van der Waals surface area contributed by atoms with Crippen LogP contribution in [0.2, 0.25) is 5.02 Å². The van der Waals surface area contributed by atoms with E-state index < -0.39 is 4.92 Å². The summed E-state index contributed by atoms with van der Waals surface area (Å²) in [5.41, 5.74) is 3.51. The van der Waals surface area contributed by atoms with E-state index in [2.05, 4.69) is 41.0 Å². The Kier molecular flexibility index (Phi) is 5.02. The highest BCUT2D eigenvalue weighted by Crippen LogP contribution is 2.30. The van der Waals surface area contributed by atoms with Crippen LogP contribution in [0.5, 0.6) is 0 Å². The lowest BCUT2D eigenvalue weighted by Crippen LogP contribution is -2.46. The summed E-state index contributed by atoms with van der Waals surface area (Å²) in [6.45, 7) is 6.68. The lowest BCUT2D eigenvalue weighted by molar-refractivity contribution is -0.384. The number of piperazine rings is 1. The van der Waals surface area contributed by atoms with E-state index in [4.69, 9.17) is 11.6 Å². The molecule has 1 aliphatic heterocycles. The summed E-state index contributed by atoms with van der Waals surface area (Å²) in [5, 5.41) is 11.2. The highest BCUT2D eigenvalue weighted by Gasteiger charge is 2.20. The number of anilines is 1. The Balaban J connectivity index is 1.62. The Hall–Kier alpha value is -2.11. The summed E-state index contributed by atoms with van der Waals surface area (Å²) in [7, 11) is 0. The molecule has 0 amide bonds. The Morgan fingerprint density at radius 1 is 1.12 bits per heavy atom. The molecule has 0 N–H and O–H groups in total. The van der Waals surface area contributed by atoms with Gasteiger partial charge in [-0.05, 0) is 18.6 Å². The van der Waals surface area contributed by atoms with Crippen molar-refractivity contribution in [3.8, 4) is 0 Å². The molecule has 1 fully saturated rings. The van der Waals surface area contributed by atoms with Crippen molar-refractivity contribution < 1.29 is 4.92 Å². The number of benzene rings is 2. The predicted octanol–water partition coefficient (Wildman–Crippen LogP) is 3.88. The van der Waals surface area contributed by atoms with Crippen LogP contribution in [-0.4, -0.2) is 36.0 Å². The van der Waals surface area contributed by atoms with Crippen molar-refractivity contribution in [3.05, 3.63) is 68.7 Å². The maximum Gasteiger partial charge on any atom is 0.271 e. The van der Waals surface area contributed by atoms with E-state index in [-0.39, 0.29) is 5.69 Å². The van der Waals surface area contributed by atoms with E-state index in [1.165, 1.54) is 23.3 Å². The molecule has 5 nitrogen and oxygen atoms in total. The van der Waals surface area contributed by atoms with Gasteiger partial charge in [-0.1, -0.05) is 41.4 Å². The smallest absolute Gasteiger partial charge is 0.271 e. The van der Waals surface area contributed by atoms with Crippen LogP contribution in [0.25, 0.3) is 0 Å². The lowest BCUT2D eigenvalue weighted by atomic mass is 10.1. The van der Waals surface area contributed by atoms with Gasteiger partial charge in [0.2, 0.25) is 0 Å². The molecule has 24 heavy (non-hydrogen) atoms. The molecule has 126 valence electrons. The fraction of sp³-hybridized carbons (Fsp3) is 0.333. The van der Waals surface area contributed by atoms with Crippen molar-refractivity contribution in [3.63, 3.8) is 0 Å². The second-order valence-corrected chi connectivity index (χ2v) is 6.55. The third kappa shape index (κ3) is 3.86. The zero-order valence-corrected chi connectivity index (χ0v) is 14.4.